The smallest absolute Gasteiger partial charge is 0.225 e. The Hall–Kier alpha value is -1.40. The molecule has 0 aromatic heterocycles. The monoisotopic (exact) mass is 270 g/mol. The second kappa shape index (κ2) is 5.97. The van der Waals surface area contributed by atoms with Gasteiger partial charge in [-0.05, 0) is 38.4 Å². The van der Waals surface area contributed by atoms with Crippen molar-refractivity contribution in [2.24, 2.45) is 0 Å². The van der Waals surface area contributed by atoms with E-state index < -0.39 is 9.84 Å². The van der Waals surface area contributed by atoms with Crippen LogP contribution in [0.3, 0.4) is 0 Å². The maximum Gasteiger partial charge on any atom is 0.225 e. The number of benzene rings is 1. The van der Waals surface area contributed by atoms with Gasteiger partial charge in [0.25, 0.3) is 0 Å². The van der Waals surface area contributed by atoms with Gasteiger partial charge in [0.1, 0.15) is 0 Å². The Morgan fingerprint density at radius 3 is 2.22 bits per heavy atom. The molecule has 0 aliphatic carbocycles. The first kappa shape index (κ1) is 14.7. The van der Waals surface area contributed by atoms with E-state index in [4.69, 9.17) is 0 Å². The molecule has 1 aromatic carbocycles. The average molecular weight is 270 g/mol. The van der Waals surface area contributed by atoms with E-state index in [1.807, 2.05) is 19.0 Å². The van der Waals surface area contributed by atoms with Gasteiger partial charge in [-0.15, -0.1) is 0 Å². The van der Waals surface area contributed by atoms with Crippen molar-refractivity contribution in [2.45, 2.75) is 11.3 Å². The number of sulfone groups is 1. The SMILES string of the molecule is CN(C)CCC(=O)Nc1ccc(S(C)(=O)=O)cc1. The fourth-order valence-electron chi connectivity index (χ4n) is 1.33. The Bertz CT molecular complexity index is 507. The van der Waals surface area contributed by atoms with Gasteiger partial charge < -0.3 is 10.2 Å². The number of anilines is 1. The van der Waals surface area contributed by atoms with E-state index >= 15 is 0 Å². The molecule has 0 saturated carbocycles. The Morgan fingerprint density at radius 1 is 1.22 bits per heavy atom. The van der Waals surface area contributed by atoms with Crippen LogP contribution >= 0.6 is 0 Å². The van der Waals surface area contributed by atoms with Crippen LogP contribution in [-0.4, -0.2) is 46.1 Å². The van der Waals surface area contributed by atoms with Crippen LogP contribution in [0.4, 0.5) is 5.69 Å². The first-order valence-corrected chi connectivity index (χ1v) is 7.43. The molecule has 0 heterocycles. The molecule has 0 spiro atoms. The van der Waals surface area contributed by atoms with Crippen LogP contribution in [0.5, 0.6) is 0 Å². The molecule has 0 saturated heterocycles. The Labute approximate surface area is 108 Å². The Balaban J connectivity index is 2.62. The number of nitrogens with zero attached hydrogens (tertiary/aromatic N) is 1. The third kappa shape index (κ3) is 4.85. The fourth-order valence-corrected chi connectivity index (χ4v) is 1.96. The van der Waals surface area contributed by atoms with Crippen molar-refractivity contribution in [3.63, 3.8) is 0 Å². The predicted molar refractivity (Wildman–Crippen MR) is 71.4 cm³/mol. The van der Waals surface area contributed by atoms with Gasteiger partial charge in [-0.25, -0.2) is 8.42 Å². The zero-order valence-electron chi connectivity index (χ0n) is 10.8. The minimum absolute atomic E-state index is 0.0872. The summed E-state index contributed by atoms with van der Waals surface area (Å²) in [6.45, 7) is 0.674. The van der Waals surface area contributed by atoms with Crippen molar-refractivity contribution in [3.8, 4) is 0 Å². The highest BCUT2D eigenvalue weighted by atomic mass is 32.2. The van der Waals surface area contributed by atoms with E-state index in [2.05, 4.69) is 5.32 Å². The van der Waals surface area contributed by atoms with Gasteiger partial charge in [0.05, 0.1) is 4.90 Å². The summed E-state index contributed by atoms with van der Waals surface area (Å²) < 4.78 is 22.5. The van der Waals surface area contributed by atoms with Gasteiger partial charge in [0.15, 0.2) is 9.84 Å². The number of nitrogens with one attached hydrogen (secondary N) is 1. The van der Waals surface area contributed by atoms with Crippen molar-refractivity contribution in [3.05, 3.63) is 24.3 Å². The molecule has 18 heavy (non-hydrogen) atoms. The molecule has 1 N–H and O–H groups in total. The lowest BCUT2D eigenvalue weighted by atomic mass is 10.3. The quantitative estimate of drug-likeness (QED) is 0.866. The summed E-state index contributed by atoms with van der Waals surface area (Å²) in [6, 6.07) is 6.14. The second-order valence-electron chi connectivity index (χ2n) is 4.40. The molecular formula is C12H18N2O3S. The number of carbonyl (C=O) groups excluding carboxylic acids is 1. The van der Waals surface area contributed by atoms with Crippen LogP contribution in [0.1, 0.15) is 6.42 Å². The summed E-state index contributed by atoms with van der Waals surface area (Å²) in [6.07, 6.45) is 1.55. The first-order valence-electron chi connectivity index (χ1n) is 5.54. The number of hydrogen-bond acceptors (Lipinski definition) is 4. The van der Waals surface area contributed by atoms with Gasteiger partial charge in [-0.2, -0.15) is 0 Å². The average Bonchev–Trinajstić information content (AvgIpc) is 2.26. The summed E-state index contributed by atoms with van der Waals surface area (Å²) in [7, 11) is 0.605. The lowest BCUT2D eigenvalue weighted by Gasteiger charge is -2.09. The fraction of sp³-hybridized carbons (Fsp3) is 0.417. The zero-order chi connectivity index (χ0) is 13.8. The van der Waals surface area contributed by atoms with E-state index in [1.165, 1.54) is 12.1 Å². The van der Waals surface area contributed by atoms with Crippen LogP contribution in [0.15, 0.2) is 29.2 Å². The minimum Gasteiger partial charge on any atom is -0.326 e. The summed E-state index contributed by atoms with van der Waals surface area (Å²) in [4.78, 5) is 13.7. The summed E-state index contributed by atoms with van der Waals surface area (Å²) in [5.41, 5.74) is 0.603. The largest absolute Gasteiger partial charge is 0.326 e. The van der Waals surface area contributed by atoms with Gasteiger partial charge in [-0.1, -0.05) is 0 Å². The van der Waals surface area contributed by atoms with E-state index in [1.54, 1.807) is 12.1 Å². The molecule has 5 nitrogen and oxygen atoms in total. The van der Waals surface area contributed by atoms with Crippen LogP contribution in [-0.2, 0) is 14.6 Å². The Morgan fingerprint density at radius 2 is 1.78 bits per heavy atom. The lowest BCUT2D eigenvalue weighted by molar-refractivity contribution is -0.116. The standard InChI is InChI=1S/C12H18N2O3S/c1-14(2)9-8-12(15)13-10-4-6-11(7-5-10)18(3,16)17/h4-7H,8-9H2,1-3H3,(H,13,15). The molecule has 1 amide bonds. The third-order valence-corrected chi connectivity index (χ3v) is 3.48. The lowest BCUT2D eigenvalue weighted by Crippen LogP contribution is -2.20. The first-order chi connectivity index (χ1) is 8.29. The molecule has 1 aromatic rings. The molecule has 1 rings (SSSR count). The van der Waals surface area contributed by atoms with E-state index in [0.29, 0.717) is 18.7 Å². The van der Waals surface area contributed by atoms with Crippen LogP contribution in [0.2, 0.25) is 0 Å². The van der Waals surface area contributed by atoms with Crippen molar-refractivity contribution >= 4 is 21.4 Å². The highest BCUT2D eigenvalue weighted by Gasteiger charge is 2.07. The second-order valence-corrected chi connectivity index (χ2v) is 6.41. The third-order valence-electron chi connectivity index (χ3n) is 2.35. The zero-order valence-corrected chi connectivity index (χ0v) is 11.6. The van der Waals surface area contributed by atoms with Crippen molar-refractivity contribution in [2.75, 3.05) is 32.2 Å². The molecule has 6 heteroatoms. The number of amides is 1. The van der Waals surface area contributed by atoms with Crippen LogP contribution < -0.4 is 5.32 Å². The van der Waals surface area contributed by atoms with Crippen LogP contribution in [0.25, 0.3) is 0 Å². The van der Waals surface area contributed by atoms with Gasteiger partial charge in [0.2, 0.25) is 5.91 Å². The summed E-state index contributed by atoms with van der Waals surface area (Å²) in [5.74, 6) is -0.0872. The highest BCUT2D eigenvalue weighted by Crippen LogP contribution is 2.13. The highest BCUT2D eigenvalue weighted by molar-refractivity contribution is 7.90. The molecule has 100 valence electrons. The van der Waals surface area contributed by atoms with Crippen LogP contribution in [0, 0.1) is 0 Å². The van der Waals surface area contributed by atoms with Gasteiger partial charge >= 0.3 is 0 Å². The minimum atomic E-state index is -3.19. The van der Waals surface area contributed by atoms with Crippen molar-refractivity contribution in [1.29, 1.82) is 0 Å². The topological polar surface area (TPSA) is 66.5 Å². The maximum atomic E-state index is 11.5. The van der Waals surface area contributed by atoms with E-state index in [0.717, 1.165) is 6.26 Å². The number of hydrogen-bond donors (Lipinski definition) is 1. The van der Waals surface area contributed by atoms with Gasteiger partial charge in [0, 0.05) is 24.9 Å². The Kier molecular flexibility index (Phi) is 4.86. The predicted octanol–water partition coefficient (Wildman–Crippen LogP) is 0.980. The summed E-state index contributed by atoms with van der Waals surface area (Å²) in [5, 5.41) is 2.72. The normalized spacial score (nSPS) is 11.6. The van der Waals surface area contributed by atoms with Gasteiger partial charge in [-0.3, -0.25) is 4.79 Å². The van der Waals surface area contributed by atoms with Crippen molar-refractivity contribution < 1.29 is 13.2 Å². The van der Waals surface area contributed by atoms with E-state index in [9.17, 15) is 13.2 Å². The van der Waals surface area contributed by atoms with Crippen molar-refractivity contribution in [1.82, 2.24) is 4.90 Å². The molecule has 0 aliphatic heterocycles. The number of carbonyl (C=O) groups is 1. The molecule has 0 fully saturated rings. The molecule has 0 aliphatic rings. The maximum absolute atomic E-state index is 11.5. The molecule has 0 radical (unpaired) electrons. The molecule has 0 unspecified atom stereocenters. The molecule has 0 atom stereocenters. The summed E-state index contributed by atoms with van der Waals surface area (Å²) >= 11 is 0. The van der Waals surface area contributed by atoms with E-state index in [-0.39, 0.29) is 10.8 Å². The number of rotatable bonds is 5. The molecular weight excluding hydrogens is 252 g/mol. The molecule has 0 bridgehead atoms.